The largest absolute Gasteiger partial charge is 0.491 e. The number of amides is 4. The first-order chi connectivity index (χ1) is 22.4. The van der Waals surface area contributed by atoms with Crippen LogP contribution in [0.1, 0.15) is 50.0 Å². The summed E-state index contributed by atoms with van der Waals surface area (Å²) in [5, 5.41) is 18.1. The van der Waals surface area contributed by atoms with Crippen molar-refractivity contribution in [3.63, 3.8) is 0 Å². The Hall–Kier alpha value is -3.80. The van der Waals surface area contributed by atoms with E-state index < -0.39 is 62.9 Å². The van der Waals surface area contributed by atoms with E-state index in [1.807, 2.05) is 6.08 Å². The second kappa shape index (κ2) is 12.7. The number of hydrogen-bond donors (Lipinski definition) is 2. The van der Waals surface area contributed by atoms with Crippen molar-refractivity contribution in [3.05, 3.63) is 71.6 Å². The van der Waals surface area contributed by atoms with Crippen molar-refractivity contribution in [1.29, 1.82) is 0 Å². The summed E-state index contributed by atoms with van der Waals surface area (Å²) in [6, 6.07) is 11.5. The van der Waals surface area contributed by atoms with Crippen LogP contribution in [0.3, 0.4) is 0 Å². The summed E-state index contributed by atoms with van der Waals surface area (Å²) in [5.41, 5.74) is 1.26. The maximum Gasteiger partial charge on any atom is 0.303 e. The van der Waals surface area contributed by atoms with E-state index in [2.05, 4.69) is 0 Å². The van der Waals surface area contributed by atoms with Crippen LogP contribution >= 0.6 is 23.2 Å². The summed E-state index contributed by atoms with van der Waals surface area (Å²) in [5.74, 6) is -6.54. The van der Waals surface area contributed by atoms with Crippen LogP contribution in [0.4, 0.5) is 10.1 Å². The molecule has 13 heteroatoms. The molecule has 0 spiro atoms. The maximum atomic E-state index is 14.4. The minimum absolute atomic E-state index is 0.00189. The Balaban J connectivity index is 1.40. The Kier molecular flexibility index (Phi) is 8.92. The highest BCUT2D eigenvalue weighted by atomic mass is 35.5. The molecule has 2 N–H and O–H groups in total. The molecule has 2 aromatic carbocycles. The van der Waals surface area contributed by atoms with Gasteiger partial charge in [-0.3, -0.25) is 28.9 Å². The molecule has 4 amide bonds. The minimum Gasteiger partial charge on any atom is -0.491 e. The van der Waals surface area contributed by atoms with Crippen LogP contribution in [0.5, 0.6) is 5.75 Å². The second-order valence-electron chi connectivity index (χ2n) is 12.4. The van der Waals surface area contributed by atoms with Crippen molar-refractivity contribution in [3.8, 4) is 5.75 Å². The molecule has 6 atom stereocenters. The highest BCUT2D eigenvalue weighted by Gasteiger charge is 2.76. The van der Waals surface area contributed by atoms with Gasteiger partial charge in [-0.1, -0.05) is 30.2 Å². The summed E-state index contributed by atoms with van der Waals surface area (Å²) in [6.07, 6.45) is 3.27. The monoisotopic (exact) mass is 686 g/mol. The lowest BCUT2D eigenvalue weighted by molar-refractivity contribution is -0.141. The van der Waals surface area contributed by atoms with Crippen LogP contribution < -0.4 is 9.64 Å². The number of rotatable bonds is 11. The summed E-state index contributed by atoms with van der Waals surface area (Å²) in [4.78, 5) is 65.1. The Bertz CT molecular complexity index is 1650. The van der Waals surface area contributed by atoms with Crippen LogP contribution in [0.15, 0.2) is 60.2 Å². The number of unbranched alkanes of at least 4 members (excludes halogenated alkanes) is 2. The third kappa shape index (κ3) is 5.32. The molecule has 0 unspecified atom stereocenters. The Morgan fingerprint density at radius 3 is 2.30 bits per heavy atom. The van der Waals surface area contributed by atoms with Gasteiger partial charge in [0.15, 0.2) is 9.75 Å². The second-order valence-corrected chi connectivity index (χ2v) is 13.7. The molecule has 2 saturated heterocycles. The molecule has 2 aliphatic heterocycles. The number of carbonyl (C=O) groups excluding carboxylic acids is 4. The molecule has 10 nitrogen and oxygen atoms in total. The highest BCUT2D eigenvalue weighted by Crippen LogP contribution is 2.65. The number of carboxylic acid groups (broad SMARTS) is 1. The van der Waals surface area contributed by atoms with E-state index in [1.54, 1.807) is 24.3 Å². The third-order valence-corrected chi connectivity index (χ3v) is 11.2. The number of anilines is 1. The molecular formula is C34H33Cl2FN2O8. The van der Waals surface area contributed by atoms with E-state index in [-0.39, 0.29) is 50.6 Å². The summed E-state index contributed by atoms with van der Waals surface area (Å²) < 4.78 is 19.3. The van der Waals surface area contributed by atoms with Gasteiger partial charge in [-0.05, 0) is 73.6 Å². The normalized spacial score (nSPS) is 29.8. The number of aliphatic hydroxyl groups is 1. The number of carbonyl (C=O) groups is 5. The van der Waals surface area contributed by atoms with E-state index >= 15 is 0 Å². The number of aliphatic hydroxyl groups excluding tert-OH is 1. The smallest absolute Gasteiger partial charge is 0.303 e. The average Bonchev–Trinajstić information content (AvgIpc) is 3.38. The maximum absolute atomic E-state index is 14.4. The molecule has 47 heavy (non-hydrogen) atoms. The number of halogens is 3. The SMILES string of the molecule is O=C(O)CCCCCN1C(=O)[C@H]2[C@H](CC=C3[C@H]2C[C@@]2(Cl)C(=O)N(c4ccc(F)cc4)C(=O)[C@@]2(Cl)[C@H]3c2ccc(OCCO)cc2)C1=O. The molecule has 3 fully saturated rings. The van der Waals surface area contributed by atoms with Crippen molar-refractivity contribution >= 4 is 58.5 Å². The van der Waals surface area contributed by atoms with Crippen molar-refractivity contribution in [2.24, 2.45) is 17.8 Å². The van der Waals surface area contributed by atoms with E-state index in [4.69, 9.17) is 38.2 Å². The zero-order valence-electron chi connectivity index (χ0n) is 25.2. The van der Waals surface area contributed by atoms with Crippen LogP contribution in [0.2, 0.25) is 0 Å². The van der Waals surface area contributed by atoms with E-state index in [0.717, 1.165) is 17.0 Å². The number of benzene rings is 2. The molecule has 2 heterocycles. The lowest BCUT2D eigenvalue weighted by Gasteiger charge is -2.50. The van der Waals surface area contributed by atoms with Crippen LogP contribution in [-0.2, 0) is 24.0 Å². The predicted octanol–water partition coefficient (Wildman–Crippen LogP) is 4.41. The molecule has 248 valence electrons. The van der Waals surface area contributed by atoms with Crippen molar-refractivity contribution in [2.45, 2.75) is 54.2 Å². The first kappa shape index (κ1) is 33.1. The number of alkyl halides is 2. The van der Waals surface area contributed by atoms with Gasteiger partial charge in [0.2, 0.25) is 11.8 Å². The van der Waals surface area contributed by atoms with Crippen molar-refractivity contribution in [2.75, 3.05) is 24.7 Å². The Morgan fingerprint density at radius 2 is 1.64 bits per heavy atom. The number of hydrogen-bond acceptors (Lipinski definition) is 7. The molecule has 4 aliphatic rings. The topological polar surface area (TPSA) is 142 Å². The third-order valence-electron chi connectivity index (χ3n) is 9.83. The van der Waals surface area contributed by atoms with E-state index in [9.17, 15) is 28.4 Å². The molecule has 0 aromatic heterocycles. The first-order valence-electron chi connectivity index (χ1n) is 15.6. The predicted molar refractivity (Wildman–Crippen MR) is 168 cm³/mol. The fourth-order valence-electron chi connectivity index (χ4n) is 7.70. The molecule has 0 radical (unpaired) electrons. The van der Waals surface area contributed by atoms with Gasteiger partial charge in [0, 0.05) is 18.9 Å². The van der Waals surface area contributed by atoms with Gasteiger partial charge >= 0.3 is 5.97 Å². The fourth-order valence-corrected chi connectivity index (χ4v) is 8.64. The zero-order chi connectivity index (χ0) is 33.7. The number of likely N-dealkylation sites (tertiary alicyclic amines) is 1. The molecule has 2 aliphatic carbocycles. The van der Waals surface area contributed by atoms with Gasteiger partial charge in [-0.2, -0.15) is 0 Å². The van der Waals surface area contributed by atoms with Crippen LogP contribution in [0.25, 0.3) is 0 Å². The number of aliphatic carboxylic acids is 1. The van der Waals surface area contributed by atoms with Gasteiger partial charge in [0.1, 0.15) is 18.2 Å². The van der Waals surface area contributed by atoms with Crippen molar-refractivity contribution < 1.29 is 43.3 Å². The lowest BCUT2D eigenvalue weighted by Crippen LogP contribution is -2.60. The number of nitrogens with zero attached hydrogens (tertiary/aromatic N) is 2. The number of ether oxygens (including phenoxy) is 1. The Labute approximate surface area is 280 Å². The fraction of sp³-hybridized carbons (Fsp3) is 0.441. The molecular weight excluding hydrogens is 654 g/mol. The van der Waals surface area contributed by atoms with Crippen molar-refractivity contribution in [1.82, 2.24) is 4.90 Å². The number of carboxylic acids is 1. The summed E-state index contributed by atoms with van der Waals surface area (Å²) in [6.45, 7) is 0.0183. The molecule has 2 aromatic rings. The number of imide groups is 2. The number of allylic oxidation sites excluding steroid dienone is 2. The minimum atomic E-state index is -2.04. The standard InChI is InChI=1S/C34H33Cl2FN2O8/c35-33-18-25-23(13-14-24-27(25)30(44)38(29(24)43)15-3-1-2-4-26(41)42)28(19-5-11-22(12-6-19)47-17-16-40)34(33,36)32(46)39(31(33)45)21-9-7-20(37)8-10-21/h5-13,24-25,27-28,40H,1-4,14-18H2,(H,41,42)/t24-,25+,27-,28-,33+,34-/m0/s1. The molecule has 1 saturated carbocycles. The van der Waals surface area contributed by atoms with E-state index in [0.29, 0.717) is 36.1 Å². The summed E-state index contributed by atoms with van der Waals surface area (Å²) in [7, 11) is 0. The van der Waals surface area contributed by atoms with Gasteiger partial charge in [0.25, 0.3) is 11.8 Å². The van der Waals surface area contributed by atoms with Crippen LogP contribution in [0, 0.1) is 23.6 Å². The van der Waals surface area contributed by atoms with Gasteiger partial charge in [0.05, 0.1) is 24.1 Å². The lowest BCUT2D eigenvalue weighted by atomic mass is 9.56. The number of fused-ring (bicyclic) bond motifs is 4. The first-order valence-corrected chi connectivity index (χ1v) is 16.3. The average molecular weight is 688 g/mol. The highest BCUT2D eigenvalue weighted by molar-refractivity contribution is 6.58. The Morgan fingerprint density at radius 1 is 0.936 bits per heavy atom. The van der Waals surface area contributed by atoms with Gasteiger partial charge in [-0.15, -0.1) is 23.2 Å². The van der Waals surface area contributed by atoms with E-state index in [1.165, 1.54) is 17.0 Å². The van der Waals surface area contributed by atoms with Gasteiger partial charge in [-0.25, -0.2) is 9.29 Å². The summed E-state index contributed by atoms with van der Waals surface area (Å²) >= 11 is 14.7. The zero-order valence-corrected chi connectivity index (χ0v) is 26.8. The van der Waals surface area contributed by atoms with Gasteiger partial charge < -0.3 is 14.9 Å². The molecule has 0 bridgehead atoms. The molecule has 6 rings (SSSR count). The van der Waals surface area contributed by atoms with Crippen LogP contribution in [-0.4, -0.2) is 74.2 Å². The quantitative estimate of drug-likeness (QED) is 0.153.